The highest BCUT2D eigenvalue weighted by molar-refractivity contribution is 5.86. The number of rotatable bonds is 8. The second-order valence-electron chi connectivity index (χ2n) is 13.4. The third kappa shape index (κ3) is 7.22. The Kier molecular flexibility index (Phi) is 10.1. The van der Waals surface area contributed by atoms with Gasteiger partial charge in [0.15, 0.2) is 12.4 Å². The van der Waals surface area contributed by atoms with Gasteiger partial charge in [-0.05, 0) is 68.6 Å². The van der Waals surface area contributed by atoms with Gasteiger partial charge in [-0.15, -0.1) is 0 Å². The summed E-state index contributed by atoms with van der Waals surface area (Å²) in [4.78, 5) is 29.2. The van der Waals surface area contributed by atoms with E-state index in [4.69, 9.17) is 23.7 Å². The lowest BCUT2D eigenvalue weighted by Crippen LogP contribution is -2.55. The number of carbonyl (C=O) groups excluding carboxylic acids is 2. The number of nitrogens with zero attached hydrogens (tertiary/aromatic N) is 2. The summed E-state index contributed by atoms with van der Waals surface area (Å²) in [6.07, 6.45) is 9.21. The second kappa shape index (κ2) is 13.5. The maximum atomic E-state index is 13.2. The van der Waals surface area contributed by atoms with Crippen LogP contribution in [0.25, 0.3) is 6.08 Å². The van der Waals surface area contributed by atoms with E-state index in [0.717, 1.165) is 12.0 Å². The fourth-order valence-corrected chi connectivity index (χ4v) is 6.94. The molecule has 1 unspecified atom stereocenters. The quantitative estimate of drug-likeness (QED) is 0.217. The summed E-state index contributed by atoms with van der Waals surface area (Å²) in [6, 6.07) is 0. The number of fused-ring (bicyclic) bond motifs is 3. The summed E-state index contributed by atoms with van der Waals surface area (Å²) in [5, 5.41) is 32.7. The standard InChI is InChI=1S/C34H46N2O10/c1-19(2)24-9-7-20(3)25-14-28(45-29(39)10-8-23-15-36(6)18-35-23)33(5)11-12-34(41,46-33)22(13-26(24)25)16-42-32-31(44-21(4)37)30(40)27(38)17-43-32/h7-8,10-13,15,18-19,24-28,30-32,38,40-41H,9,14,16-17H2,1-6H3/b10-8+,22-13-/t24-,25+,26-,27-,28?,30-,31+,32-,33+,34-/m1/s1. The molecule has 5 rings (SSSR count). The maximum Gasteiger partial charge on any atom is 0.331 e. The Labute approximate surface area is 269 Å². The first-order valence-electron chi connectivity index (χ1n) is 15.8. The fraction of sp³-hybridized carbons (Fsp3) is 0.618. The largest absolute Gasteiger partial charge is 0.456 e. The zero-order valence-corrected chi connectivity index (χ0v) is 27.2. The van der Waals surface area contributed by atoms with Crippen molar-refractivity contribution in [2.75, 3.05) is 13.2 Å². The number of aryl methyl sites for hydroxylation is 1. The van der Waals surface area contributed by atoms with Crippen LogP contribution >= 0.6 is 0 Å². The molecule has 1 aromatic rings. The maximum absolute atomic E-state index is 13.2. The summed E-state index contributed by atoms with van der Waals surface area (Å²) in [5.41, 5.74) is 0.981. The van der Waals surface area contributed by atoms with Gasteiger partial charge in [0.25, 0.3) is 0 Å². The number of aliphatic hydroxyl groups is 3. The Morgan fingerprint density at radius 3 is 2.67 bits per heavy atom. The van der Waals surface area contributed by atoms with Crippen molar-refractivity contribution in [3.8, 4) is 0 Å². The highest BCUT2D eigenvalue weighted by Crippen LogP contribution is 2.49. The molecule has 0 saturated carbocycles. The lowest BCUT2D eigenvalue weighted by Gasteiger charge is -2.41. The van der Waals surface area contributed by atoms with Gasteiger partial charge in [0, 0.05) is 31.8 Å². The highest BCUT2D eigenvalue weighted by atomic mass is 16.7. The van der Waals surface area contributed by atoms with Gasteiger partial charge in [0.2, 0.25) is 5.79 Å². The second-order valence-corrected chi connectivity index (χ2v) is 13.4. The van der Waals surface area contributed by atoms with Crippen molar-refractivity contribution in [3.05, 3.63) is 59.7 Å². The van der Waals surface area contributed by atoms with Crippen LogP contribution in [-0.4, -0.2) is 92.1 Å². The van der Waals surface area contributed by atoms with E-state index < -0.39 is 54.0 Å². The minimum Gasteiger partial charge on any atom is -0.456 e. The van der Waals surface area contributed by atoms with Crippen molar-refractivity contribution in [2.24, 2.45) is 30.7 Å². The molecule has 3 aliphatic heterocycles. The minimum absolute atomic E-state index is 0.0396. The molecule has 2 bridgehead atoms. The van der Waals surface area contributed by atoms with Crippen LogP contribution in [-0.2, 0) is 40.3 Å². The molecule has 252 valence electrons. The van der Waals surface area contributed by atoms with Crippen LogP contribution < -0.4 is 0 Å². The summed E-state index contributed by atoms with van der Waals surface area (Å²) in [7, 11) is 1.84. The zero-order valence-electron chi connectivity index (χ0n) is 27.2. The monoisotopic (exact) mass is 642 g/mol. The molecule has 46 heavy (non-hydrogen) atoms. The van der Waals surface area contributed by atoms with E-state index in [1.807, 2.05) is 13.1 Å². The number of hydrogen-bond acceptors (Lipinski definition) is 11. The van der Waals surface area contributed by atoms with Crippen molar-refractivity contribution in [1.29, 1.82) is 0 Å². The number of esters is 2. The number of ether oxygens (including phenoxy) is 5. The lowest BCUT2D eigenvalue weighted by molar-refractivity contribution is -0.276. The van der Waals surface area contributed by atoms with Gasteiger partial charge in [0.1, 0.15) is 23.9 Å². The van der Waals surface area contributed by atoms with Gasteiger partial charge in [-0.1, -0.05) is 31.6 Å². The Morgan fingerprint density at radius 2 is 2.00 bits per heavy atom. The molecule has 1 fully saturated rings. The number of imidazole rings is 1. The average molecular weight is 643 g/mol. The van der Waals surface area contributed by atoms with E-state index >= 15 is 0 Å². The topological polar surface area (TPSA) is 159 Å². The molecule has 0 spiro atoms. The van der Waals surface area contributed by atoms with E-state index in [1.165, 1.54) is 19.1 Å². The van der Waals surface area contributed by atoms with Gasteiger partial charge in [0.05, 0.1) is 25.2 Å². The molecule has 1 aliphatic carbocycles. The van der Waals surface area contributed by atoms with Gasteiger partial charge >= 0.3 is 11.9 Å². The molecule has 1 aromatic heterocycles. The number of aromatic nitrogens is 2. The number of allylic oxidation sites excluding steroid dienone is 3. The first kappa shape index (κ1) is 34.2. The summed E-state index contributed by atoms with van der Waals surface area (Å²) in [6.45, 7) is 8.95. The third-order valence-electron chi connectivity index (χ3n) is 9.60. The Morgan fingerprint density at radius 1 is 1.24 bits per heavy atom. The normalized spacial score (nSPS) is 38.7. The van der Waals surface area contributed by atoms with E-state index in [-0.39, 0.29) is 31.0 Å². The molecule has 12 heteroatoms. The van der Waals surface area contributed by atoms with Crippen LogP contribution in [0, 0.1) is 23.7 Å². The third-order valence-corrected chi connectivity index (χ3v) is 9.60. The molecule has 4 heterocycles. The van der Waals surface area contributed by atoms with Crippen molar-refractivity contribution in [1.82, 2.24) is 9.55 Å². The molecule has 0 radical (unpaired) electrons. The van der Waals surface area contributed by atoms with Gasteiger partial charge in [-0.3, -0.25) is 4.79 Å². The molecule has 12 nitrogen and oxygen atoms in total. The van der Waals surface area contributed by atoms with E-state index in [2.05, 4.69) is 31.8 Å². The van der Waals surface area contributed by atoms with Crippen molar-refractivity contribution in [3.63, 3.8) is 0 Å². The van der Waals surface area contributed by atoms with Crippen LogP contribution in [0.1, 0.15) is 53.2 Å². The molecule has 4 aliphatic rings. The molecule has 3 N–H and O–H groups in total. The SMILES string of the molecule is CC(=O)O[C@@H]1[C@H](OC/C2=C/[C@@H]3[C@@H](C(C)C)CC=C(C)[C@@H]3CC(OC(=O)/C=C/c3cn(C)cn3)[C@]3(C)C=C[C@@]2(O)O3)OC[C@@H](O)[C@H]1O. The van der Waals surface area contributed by atoms with Gasteiger partial charge < -0.3 is 43.6 Å². The van der Waals surface area contributed by atoms with Crippen LogP contribution in [0.4, 0.5) is 0 Å². The summed E-state index contributed by atoms with van der Waals surface area (Å²) in [5.74, 6) is -2.75. The zero-order chi connectivity index (χ0) is 33.4. The van der Waals surface area contributed by atoms with Gasteiger partial charge in [-0.2, -0.15) is 0 Å². The first-order chi connectivity index (χ1) is 21.7. The smallest absolute Gasteiger partial charge is 0.331 e. The molecular weight excluding hydrogens is 596 g/mol. The van der Waals surface area contributed by atoms with Crippen LogP contribution in [0.15, 0.2) is 54.1 Å². The van der Waals surface area contributed by atoms with Gasteiger partial charge in [-0.25, -0.2) is 9.78 Å². The number of hydrogen-bond donors (Lipinski definition) is 3. The van der Waals surface area contributed by atoms with Crippen molar-refractivity contribution < 1.29 is 48.6 Å². The predicted molar refractivity (Wildman–Crippen MR) is 165 cm³/mol. The summed E-state index contributed by atoms with van der Waals surface area (Å²) < 4.78 is 31.2. The number of aliphatic hydroxyl groups excluding tert-OH is 2. The average Bonchev–Trinajstić information content (AvgIpc) is 3.56. The number of carbonyl (C=O) groups is 2. The molecule has 0 amide bonds. The van der Waals surface area contributed by atoms with Crippen molar-refractivity contribution >= 4 is 18.0 Å². The van der Waals surface area contributed by atoms with E-state index in [0.29, 0.717) is 23.6 Å². The van der Waals surface area contributed by atoms with Crippen LogP contribution in [0.2, 0.25) is 0 Å². The van der Waals surface area contributed by atoms with E-state index in [9.17, 15) is 24.9 Å². The highest BCUT2D eigenvalue weighted by Gasteiger charge is 2.53. The van der Waals surface area contributed by atoms with Crippen molar-refractivity contribution in [2.45, 2.75) is 89.6 Å². The Hall–Kier alpha value is -3.13. The molecule has 10 atom stereocenters. The summed E-state index contributed by atoms with van der Waals surface area (Å²) >= 11 is 0. The van der Waals surface area contributed by atoms with E-state index in [1.54, 1.807) is 36.2 Å². The Balaban J connectivity index is 1.46. The Bertz CT molecular complexity index is 1410. The minimum atomic E-state index is -1.92. The predicted octanol–water partition coefficient (Wildman–Crippen LogP) is 2.59. The van der Waals surface area contributed by atoms with Crippen LogP contribution in [0.5, 0.6) is 0 Å². The molecular formula is C34H46N2O10. The molecule has 1 saturated heterocycles. The van der Waals surface area contributed by atoms with Crippen LogP contribution in [0.3, 0.4) is 0 Å². The lowest BCUT2D eigenvalue weighted by atomic mass is 9.65. The fourth-order valence-electron chi connectivity index (χ4n) is 6.94. The molecule has 0 aromatic carbocycles. The first-order valence-corrected chi connectivity index (χ1v) is 15.8.